The van der Waals surface area contributed by atoms with Crippen molar-refractivity contribution < 1.29 is 4.39 Å². The van der Waals surface area contributed by atoms with Crippen LogP contribution < -0.4 is 5.73 Å². The second kappa shape index (κ2) is 6.76. The topological polar surface area (TPSA) is 51.8 Å². The third-order valence-corrected chi connectivity index (χ3v) is 4.19. The number of anilines is 1. The first-order chi connectivity index (χ1) is 12.8. The first-order valence-electron chi connectivity index (χ1n) is 8.27. The van der Waals surface area contributed by atoms with E-state index in [1.54, 1.807) is 18.3 Å². The quantitative estimate of drug-likeness (QED) is 0.557. The first kappa shape index (κ1) is 16.0. The van der Waals surface area contributed by atoms with Crippen LogP contribution in [0.4, 0.5) is 10.1 Å². The van der Waals surface area contributed by atoms with Crippen LogP contribution in [0.15, 0.2) is 85.1 Å². The molecule has 2 N–H and O–H groups in total. The van der Waals surface area contributed by atoms with Crippen molar-refractivity contribution in [2.75, 3.05) is 5.73 Å². The SMILES string of the molecule is Nc1c(-c2ccccc2)nc(-c2ccccn2)c(F)c1-c1ccccc1. The smallest absolute Gasteiger partial charge is 0.161 e. The van der Waals surface area contributed by atoms with Crippen molar-refractivity contribution >= 4 is 5.69 Å². The summed E-state index contributed by atoms with van der Waals surface area (Å²) in [6, 6.07) is 24.2. The number of nitrogens with two attached hydrogens (primary N) is 1. The third kappa shape index (κ3) is 2.82. The Morgan fingerprint density at radius 3 is 1.92 bits per heavy atom. The Morgan fingerprint density at radius 1 is 0.692 bits per heavy atom. The summed E-state index contributed by atoms with van der Waals surface area (Å²) in [5.41, 5.74) is 9.79. The van der Waals surface area contributed by atoms with Crippen LogP contribution in [0, 0.1) is 5.82 Å². The van der Waals surface area contributed by atoms with E-state index in [-0.39, 0.29) is 5.69 Å². The molecule has 0 spiro atoms. The lowest BCUT2D eigenvalue weighted by molar-refractivity contribution is 0.629. The fourth-order valence-corrected chi connectivity index (χ4v) is 2.95. The molecule has 0 atom stereocenters. The van der Waals surface area contributed by atoms with Gasteiger partial charge >= 0.3 is 0 Å². The molecule has 2 aromatic heterocycles. The molecular weight excluding hydrogens is 325 g/mol. The van der Waals surface area contributed by atoms with Crippen LogP contribution in [-0.4, -0.2) is 9.97 Å². The van der Waals surface area contributed by atoms with Crippen LogP contribution >= 0.6 is 0 Å². The van der Waals surface area contributed by atoms with Crippen molar-refractivity contribution in [2.45, 2.75) is 0 Å². The average molecular weight is 341 g/mol. The van der Waals surface area contributed by atoms with Crippen LogP contribution in [0.2, 0.25) is 0 Å². The maximum atomic E-state index is 15.4. The highest BCUT2D eigenvalue weighted by molar-refractivity contribution is 5.89. The first-order valence-corrected chi connectivity index (χ1v) is 8.27. The number of nitrogens with zero attached hydrogens (tertiary/aromatic N) is 2. The van der Waals surface area contributed by atoms with Gasteiger partial charge in [0, 0.05) is 17.3 Å². The summed E-state index contributed by atoms with van der Waals surface area (Å²) < 4.78 is 15.4. The van der Waals surface area contributed by atoms with E-state index in [2.05, 4.69) is 9.97 Å². The van der Waals surface area contributed by atoms with Crippen LogP contribution in [0.3, 0.4) is 0 Å². The number of hydrogen-bond acceptors (Lipinski definition) is 3. The van der Waals surface area contributed by atoms with Gasteiger partial charge in [0.2, 0.25) is 0 Å². The molecule has 2 heterocycles. The summed E-state index contributed by atoms with van der Waals surface area (Å²) in [7, 11) is 0. The van der Waals surface area contributed by atoms with Crippen molar-refractivity contribution in [1.82, 2.24) is 9.97 Å². The van der Waals surface area contributed by atoms with Crippen LogP contribution in [0.1, 0.15) is 0 Å². The Bertz CT molecular complexity index is 969. The molecule has 0 fully saturated rings. The predicted octanol–water partition coefficient (Wildman–Crippen LogP) is 5.20. The predicted molar refractivity (Wildman–Crippen MR) is 103 cm³/mol. The Kier molecular flexibility index (Phi) is 4.15. The Balaban J connectivity index is 2.05. The van der Waals surface area contributed by atoms with Gasteiger partial charge in [-0.25, -0.2) is 9.37 Å². The van der Waals surface area contributed by atoms with Crippen LogP contribution in [0.5, 0.6) is 0 Å². The highest BCUT2D eigenvalue weighted by atomic mass is 19.1. The van der Waals surface area contributed by atoms with E-state index in [1.807, 2.05) is 66.7 Å². The molecule has 4 aromatic rings. The fourth-order valence-electron chi connectivity index (χ4n) is 2.95. The molecule has 26 heavy (non-hydrogen) atoms. The van der Waals surface area contributed by atoms with Gasteiger partial charge in [-0.05, 0) is 17.7 Å². The molecule has 0 aliphatic carbocycles. The molecule has 0 amide bonds. The average Bonchev–Trinajstić information content (AvgIpc) is 2.70. The molecule has 3 nitrogen and oxygen atoms in total. The summed E-state index contributed by atoms with van der Waals surface area (Å²) in [6.45, 7) is 0. The highest BCUT2D eigenvalue weighted by Crippen LogP contribution is 2.39. The molecule has 0 saturated carbocycles. The zero-order chi connectivity index (χ0) is 17.9. The number of rotatable bonds is 3. The summed E-state index contributed by atoms with van der Waals surface area (Å²) in [5.74, 6) is -0.466. The molecule has 4 heteroatoms. The number of pyridine rings is 2. The minimum atomic E-state index is -0.466. The maximum Gasteiger partial charge on any atom is 0.161 e. The lowest BCUT2D eigenvalue weighted by Crippen LogP contribution is -2.04. The van der Waals surface area contributed by atoms with Crippen LogP contribution in [0.25, 0.3) is 33.8 Å². The molecule has 0 radical (unpaired) electrons. The van der Waals surface area contributed by atoms with Crippen molar-refractivity contribution in [2.24, 2.45) is 0 Å². The Hall–Kier alpha value is -3.53. The third-order valence-electron chi connectivity index (χ3n) is 4.19. The number of nitrogen functional groups attached to an aromatic ring is 1. The van der Waals surface area contributed by atoms with Gasteiger partial charge in [0.1, 0.15) is 5.69 Å². The van der Waals surface area contributed by atoms with E-state index in [0.717, 1.165) is 5.56 Å². The molecule has 0 aliphatic heterocycles. The normalized spacial score (nSPS) is 10.7. The zero-order valence-corrected chi connectivity index (χ0v) is 13.9. The number of halogens is 1. The molecule has 0 bridgehead atoms. The second-order valence-corrected chi connectivity index (χ2v) is 5.86. The summed E-state index contributed by atoms with van der Waals surface area (Å²) in [4.78, 5) is 8.80. The van der Waals surface area contributed by atoms with Gasteiger partial charge in [0.15, 0.2) is 5.82 Å². The monoisotopic (exact) mass is 341 g/mol. The maximum absolute atomic E-state index is 15.4. The van der Waals surface area contributed by atoms with Gasteiger partial charge in [0.25, 0.3) is 0 Å². The van der Waals surface area contributed by atoms with E-state index in [4.69, 9.17) is 5.73 Å². The van der Waals surface area contributed by atoms with Crippen molar-refractivity contribution in [3.8, 4) is 33.8 Å². The summed E-state index contributed by atoms with van der Waals surface area (Å²) >= 11 is 0. The number of hydrogen-bond donors (Lipinski definition) is 1. The Morgan fingerprint density at radius 2 is 1.31 bits per heavy atom. The number of aromatic nitrogens is 2. The molecule has 2 aromatic carbocycles. The van der Waals surface area contributed by atoms with Gasteiger partial charge < -0.3 is 5.73 Å². The van der Waals surface area contributed by atoms with Gasteiger partial charge in [-0.3, -0.25) is 4.98 Å². The molecule has 0 saturated heterocycles. The van der Waals surface area contributed by atoms with Gasteiger partial charge in [0.05, 0.1) is 17.1 Å². The van der Waals surface area contributed by atoms with Gasteiger partial charge in [-0.1, -0.05) is 66.7 Å². The summed E-state index contributed by atoms with van der Waals surface area (Å²) in [5, 5.41) is 0. The van der Waals surface area contributed by atoms with E-state index in [0.29, 0.717) is 28.2 Å². The lowest BCUT2D eigenvalue weighted by Gasteiger charge is -2.15. The van der Waals surface area contributed by atoms with Crippen molar-refractivity contribution in [1.29, 1.82) is 0 Å². The largest absolute Gasteiger partial charge is 0.396 e. The highest BCUT2D eigenvalue weighted by Gasteiger charge is 2.21. The molecule has 126 valence electrons. The molecule has 0 unspecified atom stereocenters. The zero-order valence-electron chi connectivity index (χ0n) is 13.9. The minimum Gasteiger partial charge on any atom is -0.396 e. The second-order valence-electron chi connectivity index (χ2n) is 5.86. The molecular formula is C22H16FN3. The van der Waals surface area contributed by atoms with E-state index in [9.17, 15) is 0 Å². The fraction of sp³-hybridized carbons (Fsp3) is 0. The van der Waals surface area contributed by atoms with E-state index >= 15 is 4.39 Å². The minimum absolute atomic E-state index is 0.192. The van der Waals surface area contributed by atoms with E-state index in [1.165, 1.54) is 0 Å². The van der Waals surface area contributed by atoms with Crippen LogP contribution in [-0.2, 0) is 0 Å². The molecule has 4 rings (SSSR count). The van der Waals surface area contributed by atoms with Gasteiger partial charge in [-0.2, -0.15) is 0 Å². The van der Waals surface area contributed by atoms with Crippen molar-refractivity contribution in [3.63, 3.8) is 0 Å². The Labute approximate surface area is 151 Å². The van der Waals surface area contributed by atoms with Crippen molar-refractivity contribution in [3.05, 3.63) is 90.9 Å². The van der Waals surface area contributed by atoms with E-state index < -0.39 is 5.82 Å². The lowest BCUT2D eigenvalue weighted by atomic mass is 9.98. The van der Waals surface area contributed by atoms with Gasteiger partial charge in [-0.15, -0.1) is 0 Å². The number of benzene rings is 2. The molecule has 0 aliphatic rings. The summed E-state index contributed by atoms with van der Waals surface area (Å²) in [6.07, 6.45) is 1.62. The standard InChI is InChI=1S/C22H16FN3/c23-19-18(15-9-3-1-4-10-15)20(24)21(16-11-5-2-6-12-16)26-22(19)17-13-7-8-14-25-17/h1-14H,24H2.